The quantitative estimate of drug-likeness (QED) is 0.498. The summed E-state index contributed by atoms with van der Waals surface area (Å²) >= 11 is 1.64. The Morgan fingerprint density at radius 2 is 2.24 bits per heavy atom. The molecule has 0 radical (unpaired) electrons. The first-order valence-corrected chi connectivity index (χ1v) is 6.69. The zero-order valence-corrected chi connectivity index (χ0v) is 11.3. The number of esters is 1. The maximum atomic E-state index is 11.5. The number of ether oxygens (including phenoxy) is 1. The molecule has 0 fully saturated rings. The zero-order valence-electron chi connectivity index (χ0n) is 10.5. The number of rotatable bonds is 5. The summed E-state index contributed by atoms with van der Waals surface area (Å²) in [5.41, 5.74) is 7.70. The van der Waals surface area contributed by atoms with Crippen molar-refractivity contribution in [2.75, 3.05) is 18.1 Å². The fraction of sp³-hybridized carbons (Fsp3) is 0.462. The van der Waals surface area contributed by atoms with E-state index in [1.54, 1.807) is 11.8 Å². The van der Waals surface area contributed by atoms with E-state index in [0.29, 0.717) is 12.4 Å². The van der Waals surface area contributed by atoms with Crippen molar-refractivity contribution < 1.29 is 9.53 Å². The Hall–Kier alpha value is -1.16. The second kappa shape index (κ2) is 6.55. The molecule has 0 saturated carbocycles. The summed E-state index contributed by atoms with van der Waals surface area (Å²) in [4.78, 5) is 12.6. The normalized spacial score (nSPS) is 12.2. The van der Waals surface area contributed by atoms with Gasteiger partial charge in [-0.15, -0.1) is 11.8 Å². The summed E-state index contributed by atoms with van der Waals surface area (Å²) in [6, 6.07) is 5.84. The van der Waals surface area contributed by atoms with Crippen molar-refractivity contribution in [1.82, 2.24) is 0 Å². The Labute approximate surface area is 107 Å². The molecular formula is C13H19NO2S. The van der Waals surface area contributed by atoms with Crippen molar-refractivity contribution in [2.24, 2.45) is 5.92 Å². The van der Waals surface area contributed by atoms with Crippen molar-refractivity contribution in [3.63, 3.8) is 0 Å². The summed E-state index contributed by atoms with van der Waals surface area (Å²) in [5, 5.41) is 0. The van der Waals surface area contributed by atoms with Crippen LogP contribution in [0.1, 0.15) is 19.4 Å². The van der Waals surface area contributed by atoms with Gasteiger partial charge in [0.15, 0.2) is 0 Å². The van der Waals surface area contributed by atoms with Gasteiger partial charge in [0.2, 0.25) is 0 Å². The van der Waals surface area contributed by atoms with Crippen molar-refractivity contribution in [1.29, 1.82) is 0 Å². The molecule has 17 heavy (non-hydrogen) atoms. The molecule has 2 N–H and O–H groups in total. The van der Waals surface area contributed by atoms with Gasteiger partial charge in [-0.3, -0.25) is 4.79 Å². The number of hydrogen-bond donors (Lipinski definition) is 1. The van der Waals surface area contributed by atoms with Crippen LogP contribution in [0.5, 0.6) is 0 Å². The van der Waals surface area contributed by atoms with E-state index in [4.69, 9.17) is 10.5 Å². The first-order chi connectivity index (χ1) is 8.06. The van der Waals surface area contributed by atoms with E-state index in [9.17, 15) is 4.79 Å². The van der Waals surface area contributed by atoms with Gasteiger partial charge in [-0.05, 0) is 31.5 Å². The fourth-order valence-electron chi connectivity index (χ4n) is 1.36. The molecule has 0 heterocycles. The Morgan fingerprint density at radius 1 is 1.53 bits per heavy atom. The van der Waals surface area contributed by atoms with E-state index in [0.717, 1.165) is 16.1 Å². The fourth-order valence-corrected chi connectivity index (χ4v) is 2.43. The van der Waals surface area contributed by atoms with Gasteiger partial charge in [-0.25, -0.2) is 0 Å². The van der Waals surface area contributed by atoms with Crippen molar-refractivity contribution in [2.45, 2.75) is 25.7 Å². The Morgan fingerprint density at radius 3 is 2.88 bits per heavy atom. The number of carbonyl (C=O) groups excluding carboxylic acids is 1. The third kappa shape index (κ3) is 3.97. The van der Waals surface area contributed by atoms with Crippen LogP contribution in [0.4, 0.5) is 5.69 Å². The lowest BCUT2D eigenvalue weighted by atomic mass is 10.2. The van der Waals surface area contributed by atoms with Gasteiger partial charge in [-0.2, -0.15) is 0 Å². The Bertz CT molecular complexity index is 393. The minimum Gasteiger partial charge on any atom is -0.466 e. The summed E-state index contributed by atoms with van der Waals surface area (Å²) in [6.45, 7) is 6.13. The molecule has 0 aliphatic carbocycles. The lowest BCUT2D eigenvalue weighted by molar-refractivity contribution is -0.146. The Kier molecular flexibility index (Phi) is 5.35. The molecule has 4 heteroatoms. The summed E-state index contributed by atoms with van der Waals surface area (Å²) in [6.07, 6.45) is 0. The predicted octanol–water partition coefficient (Wildman–Crippen LogP) is 2.87. The molecule has 94 valence electrons. The molecular weight excluding hydrogens is 234 g/mol. The van der Waals surface area contributed by atoms with E-state index < -0.39 is 0 Å². The van der Waals surface area contributed by atoms with Crippen LogP contribution in [0, 0.1) is 12.8 Å². The molecule has 1 rings (SSSR count). The van der Waals surface area contributed by atoms with E-state index in [1.807, 2.05) is 39.0 Å². The van der Waals surface area contributed by atoms with Crippen LogP contribution >= 0.6 is 11.8 Å². The van der Waals surface area contributed by atoms with Crippen molar-refractivity contribution in [3.05, 3.63) is 23.8 Å². The second-order valence-electron chi connectivity index (χ2n) is 3.93. The number of carbonyl (C=O) groups is 1. The van der Waals surface area contributed by atoms with Crippen LogP contribution in [-0.4, -0.2) is 18.3 Å². The van der Waals surface area contributed by atoms with Gasteiger partial charge in [0, 0.05) is 16.3 Å². The van der Waals surface area contributed by atoms with Crippen LogP contribution in [0.2, 0.25) is 0 Å². The number of hydrogen-bond acceptors (Lipinski definition) is 4. The predicted molar refractivity (Wildman–Crippen MR) is 72.1 cm³/mol. The number of anilines is 1. The van der Waals surface area contributed by atoms with Gasteiger partial charge in [0.25, 0.3) is 0 Å². The van der Waals surface area contributed by atoms with E-state index in [1.165, 1.54) is 0 Å². The molecule has 1 aromatic carbocycles. The minimum absolute atomic E-state index is 0.0965. The number of thioether (sulfide) groups is 1. The molecule has 0 bridgehead atoms. The maximum absolute atomic E-state index is 11.5. The van der Waals surface area contributed by atoms with Gasteiger partial charge in [-0.1, -0.05) is 13.0 Å². The Balaban J connectivity index is 2.56. The standard InChI is InChI=1S/C13H19NO2S/c1-4-16-13(15)9(2)8-17-12-7-5-6-11(14)10(12)3/h5-7,9H,4,8,14H2,1-3H3. The molecule has 0 aliphatic rings. The van der Waals surface area contributed by atoms with Crippen LogP contribution in [0.3, 0.4) is 0 Å². The monoisotopic (exact) mass is 253 g/mol. The number of nitrogens with two attached hydrogens (primary N) is 1. The lowest BCUT2D eigenvalue weighted by Crippen LogP contribution is -2.16. The van der Waals surface area contributed by atoms with Crippen molar-refractivity contribution in [3.8, 4) is 0 Å². The molecule has 1 aromatic rings. The molecule has 1 atom stereocenters. The van der Waals surface area contributed by atoms with Crippen molar-refractivity contribution >= 4 is 23.4 Å². The third-order valence-electron chi connectivity index (χ3n) is 2.50. The largest absolute Gasteiger partial charge is 0.466 e. The van der Waals surface area contributed by atoms with Crippen LogP contribution in [0.15, 0.2) is 23.1 Å². The first-order valence-electron chi connectivity index (χ1n) is 5.70. The lowest BCUT2D eigenvalue weighted by Gasteiger charge is -2.12. The number of benzene rings is 1. The van der Waals surface area contributed by atoms with Gasteiger partial charge in [0.1, 0.15) is 0 Å². The molecule has 1 unspecified atom stereocenters. The topological polar surface area (TPSA) is 52.3 Å². The highest BCUT2D eigenvalue weighted by molar-refractivity contribution is 7.99. The highest BCUT2D eigenvalue weighted by atomic mass is 32.2. The SMILES string of the molecule is CCOC(=O)C(C)CSc1cccc(N)c1C. The van der Waals surface area contributed by atoms with Gasteiger partial charge in [0.05, 0.1) is 12.5 Å². The average molecular weight is 253 g/mol. The number of nitrogen functional groups attached to an aromatic ring is 1. The van der Waals surface area contributed by atoms with Gasteiger partial charge < -0.3 is 10.5 Å². The highest BCUT2D eigenvalue weighted by Crippen LogP contribution is 2.27. The first kappa shape index (κ1) is 13.9. The van der Waals surface area contributed by atoms with Crippen LogP contribution in [0.25, 0.3) is 0 Å². The maximum Gasteiger partial charge on any atom is 0.309 e. The van der Waals surface area contributed by atoms with E-state index >= 15 is 0 Å². The zero-order chi connectivity index (χ0) is 12.8. The molecule has 0 spiro atoms. The summed E-state index contributed by atoms with van der Waals surface area (Å²) in [5.74, 6) is 0.477. The molecule has 0 aliphatic heterocycles. The highest BCUT2D eigenvalue weighted by Gasteiger charge is 2.14. The second-order valence-corrected chi connectivity index (χ2v) is 5.00. The van der Waals surface area contributed by atoms with E-state index in [2.05, 4.69) is 0 Å². The van der Waals surface area contributed by atoms with Crippen LogP contribution in [-0.2, 0) is 9.53 Å². The van der Waals surface area contributed by atoms with Gasteiger partial charge >= 0.3 is 5.97 Å². The summed E-state index contributed by atoms with van der Waals surface area (Å²) in [7, 11) is 0. The molecule has 0 amide bonds. The smallest absolute Gasteiger partial charge is 0.309 e. The molecule has 3 nitrogen and oxygen atoms in total. The molecule has 0 aromatic heterocycles. The molecule has 0 saturated heterocycles. The average Bonchev–Trinajstić information content (AvgIpc) is 2.31. The van der Waals surface area contributed by atoms with E-state index in [-0.39, 0.29) is 11.9 Å². The summed E-state index contributed by atoms with van der Waals surface area (Å²) < 4.78 is 4.97. The minimum atomic E-state index is -0.137. The van der Waals surface area contributed by atoms with Crippen LogP contribution < -0.4 is 5.73 Å². The third-order valence-corrected chi connectivity index (χ3v) is 3.92.